The Morgan fingerprint density at radius 3 is 2.18 bits per heavy atom. The van der Waals surface area contributed by atoms with Crippen molar-refractivity contribution in [3.05, 3.63) is 136 Å². The van der Waals surface area contributed by atoms with E-state index in [4.69, 9.17) is 16.7 Å². The maximum absolute atomic E-state index is 14.0. The summed E-state index contributed by atoms with van der Waals surface area (Å²) in [5, 5.41) is 12.6. The molecule has 0 aliphatic carbocycles. The summed E-state index contributed by atoms with van der Waals surface area (Å²) in [5.74, 6) is -3.33. The number of halogens is 3. The normalized spacial score (nSPS) is 11.0. The van der Waals surface area contributed by atoms with Crippen LogP contribution in [0, 0.1) is 11.6 Å². The van der Waals surface area contributed by atoms with Gasteiger partial charge in [-0.15, -0.1) is 0 Å². The quantitative estimate of drug-likeness (QED) is 0.244. The predicted molar refractivity (Wildman–Crippen MR) is 142 cm³/mol. The van der Waals surface area contributed by atoms with E-state index >= 15 is 0 Å². The molecular formula is C30H21ClF2N2O3. The third kappa shape index (κ3) is 5.28. The van der Waals surface area contributed by atoms with Gasteiger partial charge in [-0.2, -0.15) is 0 Å². The molecule has 0 aliphatic rings. The molecule has 2 aromatic heterocycles. The van der Waals surface area contributed by atoms with Gasteiger partial charge in [0.05, 0.1) is 5.56 Å². The van der Waals surface area contributed by atoms with Crippen LogP contribution in [0.1, 0.15) is 37.7 Å². The standard InChI is InChI=1S/C30H21ClF2N2O3/c31-23-8-3-18(4-9-23)13-24-10-11-25-14-22(21-7-12-26(32)27(33)15-21)16-28(35(24)25)29(36)34-17-19-1-5-20(6-2-19)30(37)38/h1-12,14-16H,13,17H2,(H,34,36)(H,37,38). The molecule has 0 saturated carbocycles. The highest BCUT2D eigenvalue weighted by Crippen LogP contribution is 2.27. The number of rotatable bonds is 7. The summed E-state index contributed by atoms with van der Waals surface area (Å²) in [6.07, 6.45) is 0.535. The molecule has 8 heteroatoms. The number of aromatic nitrogens is 1. The summed E-state index contributed by atoms with van der Waals surface area (Å²) in [6, 6.07) is 24.5. The van der Waals surface area contributed by atoms with Crippen LogP contribution in [0.3, 0.4) is 0 Å². The first kappa shape index (κ1) is 25.2. The Morgan fingerprint density at radius 2 is 1.50 bits per heavy atom. The minimum Gasteiger partial charge on any atom is -0.478 e. The molecule has 0 aliphatic heterocycles. The number of aromatic carboxylic acids is 1. The fourth-order valence-electron chi connectivity index (χ4n) is 4.31. The highest BCUT2D eigenvalue weighted by Gasteiger charge is 2.17. The van der Waals surface area contributed by atoms with Crippen molar-refractivity contribution in [2.75, 3.05) is 0 Å². The van der Waals surface area contributed by atoms with Gasteiger partial charge in [0.15, 0.2) is 11.6 Å². The van der Waals surface area contributed by atoms with Crippen molar-refractivity contribution in [2.24, 2.45) is 0 Å². The fourth-order valence-corrected chi connectivity index (χ4v) is 4.44. The van der Waals surface area contributed by atoms with Gasteiger partial charge in [-0.1, -0.05) is 41.9 Å². The molecule has 0 saturated heterocycles. The van der Waals surface area contributed by atoms with Crippen molar-refractivity contribution in [3.8, 4) is 11.1 Å². The van der Waals surface area contributed by atoms with Gasteiger partial charge in [-0.25, -0.2) is 13.6 Å². The van der Waals surface area contributed by atoms with E-state index < -0.39 is 17.6 Å². The number of nitrogens with one attached hydrogen (secondary N) is 1. The van der Waals surface area contributed by atoms with Gasteiger partial charge in [0, 0.05) is 29.2 Å². The summed E-state index contributed by atoms with van der Waals surface area (Å²) in [6.45, 7) is 0.170. The smallest absolute Gasteiger partial charge is 0.335 e. The zero-order chi connectivity index (χ0) is 26.8. The lowest BCUT2D eigenvalue weighted by Gasteiger charge is -2.14. The van der Waals surface area contributed by atoms with E-state index in [9.17, 15) is 18.4 Å². The van der Waals surface area contributed by atoms with Gasteiger partial charge < -0.3 is 14.8 Å². The Balaban J connectivity index is 1.53. The molecule has 5 aromatic rings. The Bertz CT molecular complexity index is 1660. The number of carboxylic acid groups (broad SMARTS) is 1. The zero-order valence-electron chi connectivity index (χ0n) is 19.9. The van der Waals surface area contributed by atoms with Gasteiger partial charge in [0.1, 0.15) is 5.69 Å². The highest BCUT2D eigenvalue weighted by molar-refractivity contribution is 6.30. The number of benzene rings is 3. The van der Waals surface area contributed by atoms with Crippen LogP contribution in [-0.4, -0.2) is 21.4 Å². The number of hydrogen-bond donors (Lipinski definition) is 2. The Morgan fingerprint density at radius 1 is 0.789 bits per heavy atom. The number of carbonyl (C=O) groups excluding carboxylic acids is 1. The second-order valence-electron chi connectivity index (χ2n) is 8.83. The van der Waals surface area contributed by atoms with Crippen molar-refractivity contribution in [3.63, 3.8) is 0 Å². The second kappa shape index (κ2) is 10.5. The van der Waals surface area contributed by atoms with Crippen LogP contribution >= 0.6 is 11.6 Å². The summed E-state index contributed by atoms with van der Waals surface area (Å²) >= 11 is 6.02. The molecule has 190 valence electrons. The molecule has 5 nitrogen and oxygen atoms in total. The Hall–Kier alpha value is -4.49. The van der Waals surface area contributed by atoms with Crippen LogP contribution < -0.4 is 5.32 Å². The SMILES string of the molecule is O=C(O)c1ccc(CNC(=O)c2cc(-c3ccc(F)c(F)c3)cc3ccc(Cc4ccc(Cl)cc4)n23)cc1. The summed E-state index contributed by atoms with van der Waals surface area (Å²) in [5.41, 5.74) is 4.77. The fraction of sp³-hybridized carbons (Fsp3) is 0.0667. The first-order valence-electron chi connectivity index (χ1n) is 11.7. The number of pyridine rings is 1. The lowest BCUT2D eigenvalue weighted by Crippen LogP contribution is -2.25. The van der Waals surface area contributed by atoms with Crippen molar-refractivity contribution in [1.82, 2.24) is 9.72 Å². The van der Waals surface area contributed by atoms with E-state index in [0.717, 1.165) is 29.0 Å². The lowest BCUT2D eigenvalue weighted by molar-refractivity contribution is 0.0696. The average molecular weight is 531 g/mol. The maximum Gasteiger partial charge on any atom is 0.335 e. The summed E-state index contributed by atoms with van der Waals surface area (Å²) in [4.78, 5) is 24.6. The molecule has 3 aromatic carbocycles. The van der Waals surface area contributed by atoms with Crippen molar-refractivity contribution in [1.29, 1.82) is 0 Å². The number of hydrogen-bond acceptors (Lipinski definition) is 2. The topological polar surface area (TPSA) is 70.8 Å². The summed E-state index contributed by atoms with van der Waals surface area (Å²) < 4.78 is 29.4. The molecule has 0 unspecified atom stereocenters. The first-order valence-corrected chi connectivity index (χ1v) is 12.1. The van der Waals surface area contributed by atoms with Gasteiger partial charge >= 0.3 is 5.97 Å². The van der Waals surface area contributed by atoms with E-state index in [2.05, 4.69) is 5.32 Å². The molecule has 0 radical (unpaired) electrons. The largest absolute Gasteiger partial charge is 0.478 e. The van der Waals surface area contributed by atoms with Crippen LogP contribution in [0.15, 0.2) is 91.0 Å². The van der Waals surface area contributed by atoms with E-state index in [-0.39, 0.29) is 18.0 Å². The number of nitrogens with zero attached hydrogens (tertiary/aromatic N) is 1. The van der Waals surface area contributed by atoms with Crippen LogP contribution in [-0.2, 0) is 13.0 Å². The number of amides is 1. The molecule has 0 spiro atoms. The molecular weight excluding hydrogens is 510 g/mol. The maximum atomic E-state index is 14.0. The highest BCUT2D eigenvalue weighted by atomic mass is 35.5. The number of carboxylic acids is 1. The zero-order valence-corrected chi connectivity index (χ0v) is 20.7. The number of fused-ring (bicyclic) bond motifs is 1. The average Bonchev–Trinajstić information content (AvgIpc) is 3.32. The van der Waals surface area contributed by atoms with Crippen molar-refractivity contribution in [2.45, 2.75) is 13.0 Å². The van der Waals surface area contributed by atoms with Crippen LogP contribution in [0.2, 0.25) is 5.02 Å². The molecule has 5 rings (SSSR count). The van der Waals surface area contributed by atoms with Crippen LogP contribution in [0.5, 0.6) is 0 Å². The third-order valence-corrected chi connectivity index (χ3v) is 6.52. The molecule has 2 N–H and O–H groups in total. The van der Waals surface area contributed by atoms with Gasteiger partial charge in [-0.05, 0) is 82.9 Å². The second-order valence-corrected chi connectivity index (χ2v) is 9.27. The van der Waals surface area contributed by atoms with Crippen LogP contribution in [0.4, 0.5) is 8.78 Å². The number of carbonyl (C=O) groups is 2. The molecule has 0 atom stereocenters. The molecule has 0 bridgehead atoms. The third-order valence-electron chi connectivity index (χ3n) is 6.27. The predicted octanol–water partition coefficient (Wildman–Crippen LogP) is 6.76. The van der Waals surface area contributed by atoms with Gasteiger partial charge in [-0.3, -0.25) is 4.79 Å². The van der Waals surface area contributed by atoms with Gasteiger partial charge in [0.2, 0.25) is 0 Å². The molecule has 2 heterocycles. The lowest BCUT2D eigenvalue weighted by atomic mass is 10.0. The Labute approximate surface area is 221 Å². The van der Waals surface area contributed by atoms with Crippen molar-refractivity contribution >= 4 is 29.0 Å². The Kier molecular flexibility index (Phi) is 6.94. The summed E-state index contributed by atoms with van der Waals surface area (Å²) in [7, 11) is 0. The minimum absolute atomic E-state index is 0.153. The van der Waals surface area contributed by atoms with E-state index in [1.165, 1.54) is 18.2 Å². The van der Waals surface area contributed by atoms with Crippen molar-refractivity contribution < 1.29 is 23.5 Å². The molecule has 38 heavy (non-hydrogen) atoms. The van der Waals surface area contributed by atoms with Crippen LogP contribution in [0.25, 0.3) is 16.6 Å². The van der Waals surface area contributed by atoms with E-state index in [1.807, 2.05) is 34.7 Å². The monoisotopic (exact) mass is 530 g/mol. The van der Waals surface area contributed by atoms with E-state index in [1.54, 1.807) is 30.3 Å². The molecule has 1 amide bonds. The molecule has 0 fully saturated rings. The van der Waals surface area contributed by atoms with E-state index in [0.29, 0.717) is 33.8 Å². The first-order chi connectivity index (χ1) is 18.3. The minimum atomic E-state index is -1.03. The van der Waals surface area contributed by atoms with Gasteiger partial charge in [0.25, 0.3) is 5.91 Å².